The van der Waals surface area contributed by atoms with E-state index in [9.17, 15) is 5.11 Å². The molecule has 0 aromatic rings. The molecule has 0 atom stereocenters. The third kappa shape index (κ3) is 4.30. The van der Waals surface area contributed by atoms with Crippen molar-refractivity contribution < 1.29 is 53.3 Å². The molecule has 5 heteroatoms. The summed E-state index contributed by atoms with van der Waals surface area (Å²) in [5.74, 6) is 0.121. The Hall–Kier alpha value is 0.433. The van der Waals surface area contributed by atoms with Crippen molar-refractivity contribution in [2.24, 2.45) is 0 Å². The van der Waals surface area contributed by atoms with Crippen LogP contribution in [-0.2, 0) is 29.3 Å². The Morgan fingerprint density at radius 2 is 2.21 bits per heavy atom. The van der Waals surface area contributed by atoms with Gasteiger partial charge in [-0.05, 0) is 35.4 Å². The zero-order chi connectivity index (χ0) is 9.14. The first-order chi connectivity index (χ1) is 5.65. The van der Waals surface area contributed by atoms with Crippen LogP contribution in [0.4, 0.5) is 0 Å². The van der Waals surface area contributed by atoms with E-state index in [4.69, 9.17) is 4.74 Å². The zero-order valence-corrected chi connectivity index (χ0v) is 14.6. The first-order valence-electron chi connectivity index (χ1n) is 3.49. The van der Waals surface area contributed by atoms with Gasteiger partial charge in [-0.15, -0.1) is 0 Å². The average Bonchev–Trinajstić information content (AvgIpc) is 2.08. The zero-order valence-electron chi connectivity index (χ0n) is 7.93. The molecule has 0 amide bonds. The van der Waals surface area contributed by atoms with Gasteiger partial charge in [0, 0.05) is 25.6 Å². The van der Waals surface area contributed by atoms with Gasteiger partial charge in [0.2, 0.25) is 0 Å². The van der Waals surface area contributed by atoms with Crippen molar-refractivity contribution in [3.63, 3.8) is 0 Å². The fourth-order valence-electron chi connectivity index (χ4n) is 0.684. The molecule has 0 unspecified atom stereocenters. The van der Waals surface area contributed by atoms with Crippen LogP contribution in [0.15, 0.2) is 39.6 Å². The second kappa shape index (κ2) is 7.69. The van der Waals surface area contributed by atoms with Gasteiger partial charge >= 0.3 is 5.95 Å². The smallest absolute Gasteiger partial charge is 0.351 e. The maximum absolute atomic E-state index is 11.0. The van der Waals surface area contributed by atoms with Crippen LogP contribution in [0.3, 0.4) is 0 Å². The van der Waals surface area contributed by atoms with Crippen molar-refractivity contribution in [1.82, 2.24) is 0 Å². The van der Waals surface area contributed by atoms with Crippen LogP contribution in [-0.4, -0.2) is 0 Å². The van der Waals surface area contributed by atoms with E-state index in [-0.39, 0.29) is 49.4 Å². The second-order valence-corrected chi connectivity index (χ2v) is 3.18. The molecule has 2 nitrogen and oxygen atoms in total. The van der Waals surface area contributed by atoms with Crippen molar-refractivity contribution in [1.29, 1.82) is 0 Å². The Kier molecular flexibility index (Phi) is 9.25. The molecule has 1 rings (SSSR count). The van der Waals surface area contributed by atoms with Crippen molar-refractivity contribution in [2.75, 3.05) is 0 Å². The van der Waals surface area contributed by atoms with E-state index in [0.29, 0.717) is 10.2 Å². The van der Waals surface area contributed by atoms with Crippen molar-refractivity contribution in [3.05, 3.63) is 39.6 Å². The maximum atomic E-state index is 11.0. The van der Waals surface area contributed by atoms with Crippen LogP contribution in [0.1, 0.15) is 13.8 Å². The second-order valence-electron chi connectivity index (χ2n) is 2.33. The number of rotatable bonds is 1. The molecule has 0 bridgehead atoms. The molecule has 1 aliphatic rings. The molecule has 0 saturated carbocycles. The summed E-state index contributed by atoms with van der Waals surface area (Å²) in [6.45, 7) is 3.74. The third-order valence-corrected chi connectivity index (χ3v) is 2.06. The summed E-state index contributed by atoms with van der Waals surface area (Å²) in [6.07, 6.45) is 3.43. The number of ether oxygens (including phenoxy) is 1. The number of hydrogen-bond acceptors (Lipinski definition) is 1. The molecule has 73 valence electrons. The minimum atomic E-state index is -0.370. The van der Waals surface area contributed by atoms with Gasteiger partial charge in [-0.1, -0.05) is 11.8 Å². The van der Waals surface area contributed by atoms with E-state index in [1.807, 2.05) is 19.9 Å². The molecule has 0 aliphatic carbocycles. The largest absolute Gasteiger partial charge is 1.00 e. The van der Waals surface area contributed by atoms with Gasteiger partial charge in [0.1, 0.15) is 4.48 Å². The van der Waals surface area contributed by atoms with E-state index in [1.165, 1.54) is 0 Å². The van der Waals surface area contributed by atoms with Crippen LogP contribution in [0, 0.1) is 0 Å². The van der Waals surface area contributed by atoms with Gasteiger partial charge < -0.3 is 28.7 Å². The third-order valence-electron chi connectivity index (χ3n) is 1.51. The fourth-order valence-corrected chi connectivity index (χ4v) is 0.880. The summed E-state index contributed by atoms with van der Waals surface area (Å²) < 4.78 is 5.33. The van der Waals surface area contributed by atoms with Gasteiger partial charge in [-0.3, -0.25) is 0 Å². The number of halogens is 2. The number of allylic oxidation sites excluding steroid dienone is 3. The van der Waals surface area contributed by atoms with Gasteiger partial charge in [0.05, 0.1) is 0 Å². The quantitative estimate of drug-likeness (QED) is 0.334. The molecule has 0 spiro atoms. The Bertz CT molecular complexity index is 328. The monoisotopic (exact) mass is 418 g/mol. The Morgan fingerprint density at radius 3 is 2.64 bits per heavy atom. The molecule has 0 saturated heterocycles. The molecular formula is C9H8BrIO2Zn-. The van der Waals surface area contributed by atoms with Crippen LogP contribution >= 0.6 is 15.9 Å². The normalized spacial score (nSPS) is 15.1. The summed E-state index contributed by atoms with van der Waals surface area (Å²) in [4.78, 5) is 0. The molecule has 0 fully saturated rings. The average molecular weight is 420 g/mol. The summed E-state index contributed by atoms with van der Waals surface area (Å²) in [6, 6.07) is 0. The van der Waals surface area contributed by atoms with E-state index in [2.05, 4.69) is 21.7 Å². The summed E-state index contributed by atoms with van der Waals surface area (Å²) in [5.41, 5.74) is 3.75. The first-order valence-corrected chi connectivity index (χ1v) is 4.29. The van der Waals surface area contributed by atoms with Crippen LogP contribution < -0.4 is 24.0 Å². The SMILES string of the molecule is C/C=C(/C)C1=C=CC(Br)=C([O])O1.[I-].[Zn]. The Labute approximate surface area is 122 Å². The minimum absolute atomic E-state index is 0. The van der Waals surface area contributed by atoms with Crippen molar-refractivity contribution in [2.45, 2.75) is 13.8 Å². The van der Waals surface area contributed by atoms with E-state index >= 15 is 0 Å². The standard InChI is InChI=1S/C9H8BrO2.HI.Zn/c1-3-6(2)8-5-4-7(10)9(11)12-8;;/h3-4H,1-2H3;1H;/p-1/b6-3-;;. The van der Waals surface area contributed by atoms with Crippen molar-refractivity contribution in [3.8, 4) is 0 Å². The molecule has 0 N–H and O–H groups in total. The topological polar surface area (TPSA) is 29.1 Å². The molecule has 14 heavy (non-hydrogen) atoms. The summed E-state index contributed by atoms with van der Waals surface area (Å²) in [7, 11) is 0. The van der Waals surface area contributed by atoms with Crippen LogP contribution in [0.2, 0.25) is 0 Å². The number of hydrogen-bond donors (Lipinski definition) is 0. The molecule has 0 aromatic carbocycles. The molecule has 1 radical (unpaired) electrons. The van der Waals surface area contributed by atoms with Gasteiger partial charge in [0.15, 0.2) is 5.76 Å². The summed E-state index contributed by atoms with van der Waals surface area (Å²) in [5, 5.41) is 11.0. The summed E-state index contributed by atoms with van der Waals surface area (Å²) >= 11 is 3.04. The molecule has 1 aliphatic heterocycles. The van der Waals surface area contributed by atoms with E-state index < -0.39 is 0 Å². The molecular weight excluding hydrogens is 412 g/mol. The van der Waals surface area contributed by atoms with Crippen molar-refractivity contribution >= 4 is 15.9 Å². The van der Waals surface area contributed by atoms with Gasteiger partial charge in [-0.2, -0.15) is 0 Å². The Balaban J connectivity index is 0. The van der Waals surface area contributed by atoms with E-state index in [1.54, 1.807) is 6.08 Å². The maximum Gasteiger partial charge on any atom is 0.351 e. The predicted octanol–water partition coefficient (Wildman–Crippen LogP) is 0.0178. The van der Waals surface area contributed by atoms with Crippen LogP contribution in [0.5, 0.6) is 0 Å². The van der Waals surface area contributed by atoms with E-state index in [0.717, 1.165) is 5.57 Å². The molecule has 1 heterocycles. The van der Waals surface area contributed by atoms with Gasteiger partial charge in [0.25, 0.3) is 0 Å². The first kappa shape index (κ1) is 16.8. The van der Waals surface area contributed by atoms with Gasteiger partial charge in [-0.25, -0.2) is 5.11 Å². The fraction of sp³-hybridized carbons (Fsp3) is 0.222. The predicted molar refractivity (Wildman–Crippen MR) is 48.8 cm³/mol. The Morgan fingerprint density at radius 1 is 1.64 bits per heavy atom. The minimum Gasteiger partial charge on any atom is -1.00 e. The van der Waals surface area contributed by atoms with Crippen LogP contribution in [0.25, 0.3) is 0 Å². The molecule has 0 aromatic heterocycles.